The van der Waals surface area contributed by atoms with Crippen LogP contribution in [0.15, 0.2) is 5.38 Å². The van der Waals surface area contributed by atoms with Crippen molar-refractivity contribution >= 4 is 23.2 Å². The SMILES string of the molecule is CC(=O)N1CCC[C@@H]1C(=O)N1CCN(Cc2csc(C)n2)CC1. The molecule has 0 aliphatic carbocycles. The van der Waals surface area contributed by atoms with Gasteiger partial charge in [0, 0.05) is 51.6 Å². The fraction of sp³-hybridized carbons (Fsp3) is 0.688. The second-order valence-electron chi connectivity index (χ2n) is 6.33. The molecule has 1 aromatic heterocycles. The Morgan fingerprint density at radius 3 is 2.61 bits per heavy atom. The van der Waals surface area contributed by atoms with Crippen LogP contribution in [0.3, 0.4) is 0 Å². The molecule has 0 radical (unpaired) electrons. The standard InChI is InChI=1S/C16H24N4O2S/c1-12-17-14(11-23-12)10-18-6-8-19(9-7-18)16(22)15-4-3-5-20(15)13(2)21/h11,15H,3-10H2,1-2H3/t15-/m1/s1. The van der Waals surface area contributed by atoms with E-state index in [1.807, 2.05) is 11.8 Å². The van der Waals surface area contributed by atoms with Crippen LogP contribution < -0.4 is 0 Å². The summed E-state index contributed by atoms with van der Waals surface area (Å²) in [5.74, 6) is 0.139. The second-order valence-corrected chi connectivity index (χ2v) is 7.39. The molecule has 3 heterocycles. The lowest BCUT2D eigenvalue weighted by molar-refractivity contribution is -0.144. The predicted molar refractivity (Wildman–Crippen MR) is 89.1 cm³/mol. The highest BCUT2D eigenvalue weighted by molar-refractivity contribution is 7.09. The highest BCUT2D eigenvalue weighted by Gasteiger charge is 2.36. The normalized spacial score (nSPS) is 22.6. The van der Waals surface area contributed by atoms with Gasteiger partial charge in [0.15, 0.2) is 0 Å². The van der Waals surface area contributed by atoms with Gasteiger partial charge in [-0.05, 0) is 19.8 Å². The number of hydrogen-bond acceptors (Lipinski definition) is 5. The third kappa shape index (κ3) is 3.72. The highest BCUT2D eigenvalue weighted by atomic mass is 32.1. The van der Waals surface area contributed by atoms with Gasteiger partial charge < -0.3 is 9.80 Å². The maximum atomic E-state index is 12.7. The van der Waals surface area contributed by atoms with Crippen LogP contribution >= 0.6 is 11.3 Å². The topological polar surface area (TPSA) is 56.8 Å². The molecule has 23 heavy (non-hydrogen) atoms. The molecule has 3 rings (SSSR count). The minimum absolute atomic E-state index is 0.0124. The summed E-state index contributed by atoms with van der Waals surface area (Å²) >= 11 is 1.68. The van der Waals surface area contributed by atoms with E-state index in [4.69, 9.17) is 0 Å². The number of rotatable bonds is 3. The van der Waals surface area contributed by atoms with Crippen molar-refractivity contribution in [3.05, 3.63) is 16.1 Å². The number of aryl methyl sites for hydroxylation is 1. The van der Waals surface area contributed by atoms with E-state index in [-0.39, 0.29) is 17.9 Å². The molecule has 2 saturated heterocycles. The van der Waals surface area contributed by atoms with E-state index in [9.17, 15) is 9.59 Å². The van der Waals surface area contributed by atoms with Crippen LogP contribution in [0.5, 0.6) is 0 Å². The molecule has 2 fully saturated rings. The molecule has 0 bridgehead atoms. The Kier molecular flexibility index (Phi) is 4.96. The third-order valence-corrected chi connectivity index (χ3v) is 5.50. The van der Waals surface area contributed by atoms with Gasteiger partial charge in [0.05, 0.1) is 10.7 Å². The lowest BCUT2D eigenvalue weighted by Gasteiger charge is -2.37. The number of carbonyl (C=O) groups is 2. The van der Waals surface area contributed by atoms with Crippen molar-refractivity contribution in [1.82, 2.24) is 19.7 Å². The van der Waals surface area contributed by atoms with Gasteiger partial charge in [-0.1, -0.05) is 0 Å². The molecule has 1 atom stereocenters. The van der Waals surface area contributed by atoms with Gasteiger partial charge in [-0.15, -0.1) is 11.3 Å². The minimum Gasteiger partial charge on any atom is -0.338 e. The summed E-state index contributed by atoms with van der Waals surface area (Å²) < 4.78 is 0. The number of likely N-dealkylation sites (tertiary alicyclic amines) is 1. The first-order valence-electron chi connectivity index (χ1n) is 8.24. The molecule has 2 aliphatic heterocycles. The molecule has 0 unspecified atom stereocenters. The summed E-state index contributed by atoms with van der Waals surface area (Å²) in [6, 6.07) is -0.236. The van der Waals surface area contributed by atoms with E-state index in [1.165, 1.54) is 0 Å². The Bertz CT molecular complexity index is 580. The molecule has 6 nitrogen and oxygen atoms in total. The van der Waals surface area contributed by atoms with E-state index in [1.54, 1.807) is 23.2 Å². The summed E-state index contributed by atoms with van der Waals surface area (Å²) in [6.45, 7) is 8.37. The molecular formula is C16H24N4O2S. The van der Waals surface area contributed by atoms with E-state index in [0.29, 0.717) is 0 Å². The van der Waals surface area contributed by atoms with E-state index in [0.717, 1.165) is 62.8 Å². The monoisotopic (exact) mass is 336 g/mol. The van der Waals surface area contributed by atoms with E-state index >= 15 is 0 Å². The molecular weight excluding hydrogens is 312 g/mol. The third-order valence-electron chi connectivity index (χ3n) is 4.68. The number of carbonyl (C=O) groups excluding carboxylic acids is 2. The summed E-state index contributed by atoms with van der Waals surface area (Å²) in [7, 11) is 0. The van der Waals surface area contributed by atoms with Crippen molar-refractivity contribution in [3.8, 4) is 0 Å². The summed E-state index contributed by atoms with van der Waals surface area (Å²) in [5.41, 5.74) is 1.12. The Morgan fingerprint density at radius 2 is 2.00 bits per heavy atom. The molecule has 2 aliphatic rings. The number of thiazole rings is 1. The van der Waals surface area contributed by atoms with Crippen LogP contribution in [0, 0.1) is 6.92 Å². The van der Waals surface area contributed by atoms with Gasteiger partial charge in [-0.2, -0.15) is 0 Å². The molecule has 0 saturated carbocycles. The van der Waals surface area contributed by atoms with Crippen molar-refractivity contribution in [1.29, 1.82) is 0 Å². The first kappa shape index (κ1) is 16.4. The maximum Gasteiger partial charge on any atom is 0.245 e. The summed E-state index contributed by atoms with van der Waals surface area (Å²) in [6.07, 6.45) is 1.73. The van der Waals surface area contributed by atoms with Crippen LogP contribution in [0.25, 0.3) is 0 Å². The van der Waals surface area contributed by atoms with Crippen molar-refractivity contribution in [3.63, 3.8) is 0 Å². The quantitative estimate of drug-likeness (QED) is 0.830. The Morgan fingerprint density at radius 1 is 1.26 bits per heavy atom. The van der Waals surface area contributed by atoms with Gasteiger partial charge in [0.2, 0.25) is 11.8 Å². The largest absolute Gasteiger partial charge is 0.338 e. The Labute approximate surface area is 141 Å². The van der Waals surface area contributed by atoms with Gasteiger partial charge in [-0.25, -0.2) is 4.98 Å². The highest BCUT2D eigenvalue weighted by Crippen LogP contribution is 2.20. The molecule has 2 amide bonds. The van der Waals surface area contributed by atoms with Crippen molar-refractivity contribution in [2.45, 2.75) is 39.3 Å². The molecule has 0 spiro atoms. The van der Waals surface area contributed by atoms with E-state index < -0.39 is 0 Å². The Balaban J connectivity index is 1.52. The Hall–Kier alpha value is -1.47. The zero-order chi connectivity index (χ0) is 16.4. The first-order chi connectivity index (χ1) is 11.0. The van der Waals surface area contributed by atoms with Crippen LogP contribution in [0.2, 0.25) is 0 Å². The summed E-state index contributed by atoms with van der Waals surface area (Å²) in [4.78, 5) is 34.8. The van der Waals surface area contributed by atoms with Crippen LogP contribution in [0.1, 0.15) is 30.5 Å². The fourth-order valence-electron chi connectivity index (χ4n) is 3.45. The number of piperazine rings is 1. The van der Waals surface area contributed by atoms with E-state index in [2.05, 4.69) is 15.3 Å². The maximum absolute atomic E-state index is 12.7. The van der Waals surface area contributed by atoms with Crippen molar-refractivity contribution in [2.24, 2.45) is 0 Å². The molecule has 0 aromatic carbocycles. The molecule has 0 N–H and O–H groups in total. The predicted octanol–water partition coefficient (Wildman–Crippen LogP) is 1.11. The van der Waals surface area contributed by atoms with Gasteiger partial charge >= 0.3 is 0 Å². The molecule has 1 aromatic rings. The average Bonchev–Trinajstić information content (AvgIpc) is 3.16. The number of aromatic nitrogens is 1. The van der Waals surface area contributed by atoms with Crippen molar-refractivity contribution in [2.75, 3.05) is 32.7 Å². The van der Waals surface area contributed by atoms with Crippen LogP contribution in [-0.2, 0) is 16.1 Å². The fourth-order valence-corrected chi connectivity index (χ4v) is 4.05. The number of amides is 2. The number of nitrogens with zero attached hydrogens (tertiary/aromatic N) is 4. The average molecular weight is 336 g/mol. The van der Waals surface area contributed by atoms with Gasteiger partial charge in [-0.3, -0.25) is 14.5 Å². The molecule has 126 valence electrons. The lowest BCUT2D eigenvalue weighted by Crippen LogP contribution is -2.54. The minimum atomic E-state index is -0.236. The first-order valence-corrected chi connectivity index (χ1v) is 9.12. The number of hydrogen-bond donors (Lipinski definition) is 0. The van der Waals surface area contributed by atoms with Gasteiger partial charge in [0.1, 0.15) is 6.04 Å². The zero-order valence-corrected chi connectivity index (χ0v) is 14.6. The van der Waals surface area contributed by atoms with Crippen LogP contribution in [-0.4, -0.2) is 70.3 Å². The lowest BCUT2D eigenvalue weighted by atomic mass is 10.1. The van der Waals surface area contributed by atoms with Crippen molar-refractivity contribution < 1.29 is 9.59 Å². The second kappa shape index (κ2) is 6.97. The van der Waals surface area contributed by atoms with Gasteiger partial charge in [0.25, 0.3) is 0 Å². The zero-order valence-electron chi connectivity index (χ0n) is 13.8. The smallest absolute Gasteiger partial charge is 0.245 e. The van der Waals surface area contributed by atoms with Crippen LogP contribution in [0.4, 0.5) is 0 Å². The molecule has 7 heteroatoms. The summed E-state index contributed by atoms with van der Waals surface area (Å²) in [5, 5.41) is 3.20.